The maximum atomic E-state index is 13.5. The topological polar surface area (TPSA) is 108 Å². The highest BCUT2D eigenvalue weighted by molar-refractivity contribution is 7.09. The molecule has 0 spiro atoms. The lowest BCUT2D eigenvalue weighted by atomic mass is 9.99. The van der Waals surface area contributed by atoms with Crippen LogP contribution in [0.1, 0.15) is 43.9 Å². The molecule has 0 aliphatic rings. The Morgan fingerprint density at radius 3 is 2.52 bits per heavy atom. The van der Waals surface area contributed by atoms with Crippen LogP contribution in [0.2, 0.25) is 0 Å². The lowest BCUT2D eigenvalue weighted by Crippen LogP contribution is -2.49. The minimum Gasteiger partial charge on any atom is -0.492 e. The van der Waals surface area contributed by atoms with E-state index >= 15 is 0 Å². The Balaban J connectivity index is 1.48. The SMILES string of the molecule is CCOc1cncc(N(C)CC(O)C(Cc2ccccc2)NC(=O)c2cccc(C(=O)N(C)Cc3nc(C)cs3)c2)c1. The highest BCUT2D eigenvalue weighted by Crippen LogP contribution is 2.20. The van der Waals surface area contributed by atoms with Crippen molar-refractivity contribution in [2.24, 2.45) is 0 Å². The molecule has 2 N–H and O–H groups in total. The Kier molecular flexibility index (Phi) is 10.6. The van der Waals surface area contributed by atoms with Crippen LogP contribution in [-0.2, 0) is 13.0 Å². The normalized spacial score (nSPS) is 12.3. The molecule has 220 valence electrons. The zero-order valence-electron chi connectivity index (χ0n) is 24.4. The second-order valence-electron chi connectivity index (χ2n) is 10.2. The quantitative estimate of drug-likeness (QED) is 0.239. The van der Waals surface area contributed by atoms with Crippen LogP contribution in [0.15, 0.2) is 78.4 Å². The van der Waals surface area contributed by atoms with Crippen molar-refractivity contribution >= 4 is 28.8 Å². The summed E-state index contributed by atoms with van der Waals surface area (Å²) in [5.41, 5.74) is 3.43. The number of benzene rings is 2. The summed E-state index contributed by atoms with van der Waals surface area (Å²) in [6.07, 6.45) is 2.86. The first-order chi connectivity index (χ1) is 20.2. The molecule has 4 rings (SSSR count). The molecule has 2 aromatic carbocycles. The number of nitrogens with zero attached hydrogens (tertiary/aromatic N) is 4. The van der Waals surface area contributed by atoms with E-state index in [1.54, 1.807) is 48.6 Å². The van der Waals surface area contributed by atoms with Crippen LogP contribution in [0.5, 0.6) is 5.75 Å². The van der Waals surface area contributed by atoms with Gasteiger partial charge in [-0.1, -0.05) is 36.4 Å². The summed E-state index contributed by atoms with van der Waals surface area (Å²) in [6.45, 7) is 4.98. The van der Waals surface area contributed by atoms with Gasteiger partial charge in [0.1, 0.15) is 10.8 Å². The van der Waals surface area contributed by atoms with Crippen LogP contribution >= 0.6 is 11.3 Å². The van der Waals surface area contributed by atoms with Gasteiger partial charge in [0.2, 0.25) is 0 Å². The number of aliphatic hydroxyl groups excluding tert-OH is 1. The number of aryl methyl sites for hydroxylation is 1. The largest absolute Gasteiger partial charge is 0.492 e. The summed E-state index contributed by atoms with van der Waals surface area (Å²) in [5, 5.41) is 17.2. The van der Waals surface area contributed by atoms with E-state index in [0.717, 1.165) is 22.0 Å². The second kappa shape index (κ2) is 14.6. The molecule has 10 heteroatoms. The van der Waals surface area contributed by atoms with Gasteiger partial charge < -0.3 is 25.0 Å². The van der Waals surface area contributed by atoms with E-state index in [1.165, 1.54) is 11.3 Å². The van der Waals surface area contributed by atoms with E-state index in [-0.39, 0.29) is 18.4 Å². The van der Waals surface area contributed by atoms with Crippen molar-refractivity contribution < 1.29 is 19.4 Å². The maximum Gasteiger partial charge on any atom is 0.253 e. The van der Waals surface area contributed by atoms with Crippen molar-refractivity contribution in [3.8, 4) is 5.75 Å². The lowest BCUT2D eigenvalue weighted by molar-refractivity contribution is 0.0784. The summed E-state index contributed by atoms with van der Waals surface area (Å²) in [7, 11) is 3.57. The molecular weight excluding hydrogens is 550 g/mol. The third kappa shape index (κ3) is 8.37. The van der Waals surface area contributed by atoms with Gasteiger partial charge in [-0.25, -0.2) is 4.98 Å². The minimum absolute atomic E-state index is 0.206. The van der Waals surface area contributed by atoms with Gasteiger partial charge in [-0.05, 0) is 44.0 Å². The molecule has 0 aliphatic carbocycles. The van der Waals surface area contributed by atoms with Gasteiger partial charge in [0.15, 0.2) is 0 Å². The second-order valence-corrected chi connectivity index (χ2v) is 11.1. The zero-order valence-corrected chi connectivity index (χ0v) is 25.2. The van der Waals surface area contributed by atoms with Crippen molar-refractivity contribution in [1.29, 1.82) is 0 Å². The molecule has 0 aliphatic heterocycles. The van der Waals surface area contributed by atoms with Crippen LogP contribution in [0, 0.1) is 6.92 Å². The highest BCUT2D eigenvalue weighted by Gasteiger charge is 2.25. The summed E-state index contributed by atoms with van der Waals surface area (Å²) >= 11 is 1.51. The number of nitrogens with one attached hydrogen (secondary N) is 1. The van der Waals surface area contributed by atoms with E-state index in [4.69, 9.17) is 4.74 Å². The standard InChI is InChI=1S/C32H37N5O4S/c1-5-41-27-16-26(17-33-18-27)36(3)19-29(38)28(14-23-10-7-6-8-11-23)35-31(39)24-12-9-13-25(15-24)32(40)37(4)20-30-34-22(2)21-42-30/h6-13,15-18,21,28-29,38H,5,14,19-20H2,1-4H3,(H,35,39). The van der Waals surface area contributed by atoms with Crippen molar-refractivity contribution in [2.75, 3.05) is 32.1 Å². The van der Waals surface area contributed by atoms with Crippen LogP contribution in [0.25, 0.3) is 0 Å². The number of rotatable bonds is 13. The number of amides is 2. The van der Waals surface area contributed by atoms with Gasteiger partial charge in [-0.3, -0.25) is 14.6 Å². The molecule has 2 unspecified atom stereocenters. The number of hydrogen-bond acceptors (Lipinski definition) is 8. The molecule has 0 saturated heterocycles. The van der Waals surface area contributed by atoms with E-state index in [9.17, 15) is 14.7 Å². The Labute approximate surface area is 250 Å². The minimum atomic E-state index is -0.910. The molecule has 0 saturated carbocycles. The first kappa shape index (κ1) is 30.7. The molecular formula is C32H37N5O4S. The molecule has 0 fully saturated rings. The van der Waals surface area contributed by atoms with E-state index in [0.29, 0.717) is 36.4 Å². The average Bonchev–Trinajstić information content (AvgIpc) is 3.41. The molecule has 2 heterocycles. The fourth-order valence-corrected chi connectivity index (χ4v) is 5.37. The number of hydrogen-bond donors (Lipinski definition) is 2. The lowest BCUT2D eigenvalue weighted by Gasteiger charge is -2.29. The Morgan fingerprint density at radius 2 is 1.81 bits per heavy atom. The van der Waals surface area contributed by atoms with Gasteiger partial charge in [-0.15, -0.1) is 11.3 Å². The number of ether oxygens (including phenoxy) is 1. The predicted molar refractivity (Wildman–Crippen MR) is 165 cm³/mol. The number of thiazole rings is 1. The van der Waals surface area contributed by atoms with E-state index in [2.05, 4.69) is 15.3 Å². The number of pyridine rings is 1. The fourth-order valence-electron chi connectivity index (χ4n) is 4.54. The number of carbonyl (C=O) groups is 2. The summed E-state index contributed by atoms with van der Waals surface area (Å²) < 4.78 is 5.56. The van der Waals surface area contributed by atoms with Crippen molar-refractivity contribution in [3.05, 3.63) is 106 Å². The van der Waals surface area contributed by atoms with Crippen LogP contribution in [-0.4, -0.2) is 71.2 Å². The number of likely N-dealkylation sites (N-methyl/N-ethyl adjacent to an activating group) is 1. The third-order valence-corrected chi connectivity index (χ3v) is 7.70. The van der Waals surface area contributed by atoms with Crippen molar-refractivity contribution in [3.63, 3.8) is 0 Å². The van der Waals surface area contributed by atoms with Crippen LogP contribution in [0.4, 0.5) is 5.69 Å². The van der Waals surface area contributed by atoms with E-state index in [1.807, 2.05) is 67.6 Å². The Bertz CT molecular complexity index is 1480. The monoisotopic (exact) mass is 587 g/mol. The summed E-state index contributed by atoms with van der Waals surface area (Å²) in [5.74, 6) is 0.0701. The molecule has 2 aromatic heterocycles. The van der Waals surface area contributed by atoms with Crippen LogP contribution < -0.4 is 15.0 Å². The van der Waals surface area contributed by atoms with Gasteiger partial charge in [0.25, 0.3) is 11.8 Å². The molecule has 0 radical (unpaired) electrons. The number of carbonyl (C=O) groups excluding carboxylic acids is 2. The molecule has 2 amide bonds. The smallest absolute Gasteiger partial charge is 0.253 e. The van der Waals surface area contributed by atoms with Crippen molar-refractivity contribution in [2.45, 2.75) is 39.0 Å². The molecule has 4 aromatic rings. The van der Waals surface area contributed by atoms with Crippen molar-refractivity contribution in [1.82, 2.24) is 20.2 Å². The summed E-state index contributed by atoms with van der Waals surface area (Å²) in [6, 6.07) is 17.6. The average molecular weight is 588 g/mol. The first-order valence-electron chi connectivity index (χ1n) is 13.8. The fraction of sp³-hybridized carbons (Fsp3) is 0.312. The third-order valence-electron chi connectivity index (χ3n) is 6.75. The zero-order chi connectivity index (χ0) is 30.1. The molecule has 2 atom stereocenters. The van der Waals surface area contributed by atoms with Gasteiger partial charge in [0, 0.05) is 48.9 Å². The molecule has 9 nitrogen and oxygen atoms in total. The number of aliphatic hydroxyl groups is 1. The van der Waals surface area contributed by atoms with Gasteiger partial charge >= 0.3 is 0 Å². The molecule has 0 bridgehead atoms. The molecule has 42 heavy (non-hydrogen) atoms. The predicted octanol–water partition coefficient (Wildman–Crippen LogP) is 4.36. The van der Waals surface area contributed by atoms with Gasteiger partial charge in [-0.2, -0.15) is 0 Å². The highest BCUT2D eigenvalue weighted by atomic mass is 32.1. The van der Waals surface area contributed by atoms with Crippen LogP contribution in [0.3, 0.4) is 0 Å². The Hall–Kier alpha value is -4.28. The number of aromatic nitrogens is 2. The maximum absolute atomic E-state index is 13.5. The van der Waals surface area contributed by atoms with Gasteiger partial charge in [0.05, 0.1) is 43.4 Å². The summed E-state index contributed by atoms with van der Waals surface area (Å²) in [4.78, 5) is 38.7. The van der Waals surface area contributed by atoms with E-state index < -0.39 is 12.1 Å². The number of anilines is 1. The first-order valence-corrected chi connectivity index (χ1v) is 14.7. The Morgan fingerprint density at radius 1 is 1.05 bits per heavy atom.